The van der Waals surface area contributed by atoms with Gasteiger partial charge in [-0.3, -0.25) is 4.79 Å². The van der Waals surface area contributed by atoms with Crippen LogP contribution >= 0.6 is 0 Å². The van der Waals surface area contributed by atoms with E-state index in [4.69, 9.17) is 9.47 Å². The molecule has 24 heavy (non-hydrogen) atoms. The molecule has 1 rings (SSSR count). The van der Waals surface area contributed by atoms with Gasteiger partial charge in [-0.1, -0.05) is 6.92 Å². The van der Waals surface area contributed by atoms with Crippen molar-refractivity contribution in [1.29, 1.82) is 0 Å². The number of urea groups is 1. The highest BCUT2D eigenvalue weighted by atomic mass is 16.5. The van der Waals surface area contributed by atoms with Gasteiger partial charge in [-0.2, -0.15) is 0 Å². The van der Waals surface area contributed by atoms with E-state index in [1.54, 1.807) is 14.0 Å². The summed E-state index contributed by atoms with van der Waals surface area (Å²) in [5.74, 6) is 1.34. The highest BCUT2D eigenvalue weighted by Crippen LogP contribution is 2.16. The largest absolute Gasteiger partial charge is 0.497 e. The fourth-order valence-electron chi connectivity index (χ4n) is 1.85. The second-order valence-electron chi connectivity index (χ2n) is 5.29. The number of nitrogens with one attached hydrogen (secondary N) is 3. The summed E-state index contributed by atoms with van der Waals surface area (Å²) in [6.07, 6.45) is 1.52. The summed E-state index contributed by atoms with van der Waals surface area (Å²) < 4.78 is 10.6. The summed E-state index contributed by atoms with van der Waals surface area (Å²) in [6.45, 7) is 5.18. The maximum absolute atomic E-state index is 11.7. The minimum Gasteiger partial charge on any atom is -0.497 e. The first kappa shape index (κ1) is 19.6. The summed E-state index contributed by atoms with van der Waals surface area (Å²) in [5, 5.41) is 8.02. The average Bonchev–Trinajstić information content (AvgIpc) is 2.59. The van der Waals surface area contributed by atoms with Gasteiger partial charge in [-0.05, 0) is 44.0 Å². The Kier molecular flexibility index (Phi) is 9.11. The van der Waals surface area contributed by atoms with Crippen molar-refractivity contribution in [2.24, 2.45) is 0 Å². The third-order valence-electron chi connectivity index (χ3n) is 3.22. The van der Waals surface area contributed by atoms with Gasteiger partial charge in [0.1, 0.15) is 17.5 Å². The molecule has 1 atom stereocenters. The van der Waals surface area contributed by atoms with Crippen LogP contribution in [-0.2, 0) is 4.79 Å². The third kappa shape index (κ3) is 7.71. The fourth-order valence-corrected chi connectivity index (χ4v) is 1.85. The van der Waals surface area contributed by atoms with Crippen LogP contribution in [0.2, 0.25) is 0 Å². The van der Waals surface area contributed by atoms with Crippen molar-refractivity contribution in [3.05, 3.63) is 24.3 Å². The SMILES string of the molecule is CCCNC(=O)C(C)NC(=O)NCCCOc1ccc(OC)cc1. The number of hydrogen-bond acceptors (Lipinski definition) is 4. The molecule has 7 nitrogen and oxygen atoms in total. The molecule has 0 aliphatic rings. The van der Waals surface area contributed by atoms with Crippen molar-refractivity contribution < 1.29 is 19.1 Å². The minimum absolute atomic E-state index is 0.185. The zero-order valence-electron chi connectivity index (χ0n) is 14.6. The van der Waals surface area contributed by atoms with Gasteiger partial charge in [-0.15, -0.1) is 0 Å². The summed E-state index contributed by atoms with van der Waals surface area (Å²) in [7, 11) is 1.61. The number of hydrogen-bond donors (Lipinski definition) is 3. The van der Waals surface area contributed by atoms with Gasteiger partial charge in [-0.25, -0.2) is 4.79 Å². The molecule has 0 radical (unpaired) electrons. The second-order valence-corrected chi connectivity index (χ2v) is 5.29. The highest BCUT2D eigenvalue weighted by molar-refractivity contribution is 5.86. The van der Waals surface area contributed by atoms with Crippen LogP contribution in [0.1, 0.15) is 26.7 Å². The van der Waals surface area contributed by atoms with Crippen LogP contribution in [0.15, 0.2) is 24.3 Å². The second kappa shape index (κ2) is 11.2. The summed E-state index contributed by atoms with van der Waals surface area (Å²) in [4.78, 5) is 23.3. The van der Waals surface area contributed by atoms with Crippen molar-refractivity contribution in [2.45, 2.75) is 32.7 Å². The fraction of sp³-hybridized carbons (Fsp3) is 0.529. The molecule has 134 valence electrons. The first-order valence-electron chi connectivity index (χ1n) is 8.15. The lowest BCUT2D eigenvalue weighted by Crippen LogP contribution is -2.48. The molecule has 0 aliphatic carbocycles. The Morgan fingerprint density at radius 1 is 1.08 bits per heavy atom. The number of methoxy groups -OCH3 is 1. The number of amides is 3. The van der Waals surface area contributed by atoms with Crippen LogP contribution in [0.25, 0.3) is 0 Å². The highest BCUT2D eigenvalue weighted by Gasteiger charge is 2.14. The van der Waals surface area contributed by atoms with Crippen LogP contribution in [-0.4, -0.2) is 44.8 Å². The molecule has 1 aromatic carbocycles. The van der Waals surface area contributed by atoms with E-state index in [2.05, 4.69) is 16.0 Å². The van der Waals surface area contributed by atoms with Crippen molar-refractivity contribution >= 4 is 11.9 Å². The van der Waals surface area contributed by atoms with Gasteiger partial charge < -0.3 is 25.4 Å². The molecule has 0 spiro atoms. The average molecular weight is 337 g/mol. The van der Waals surface area contributed by atoms with E-state index in [1.807, 2.05) is 31.2 Å². The van der Waals surface area contributed by atoms with Gasteiger partial charge in [0.15, 0.2) is 0 Å². The molecule has 0 saturated carbocycles. The zero-order valence-corrected chi connectivity index (χ0v) is 14.6. The van der Waals surface area contributed by atoms with Gasteiger partial charge >= 0.3 is 6.03 Å². The predicted molar refractivity (Wildman–Crippen MR) is 92.4 cm³/mol. The normalized spacial score (nSPS) is 11.3. The molecule has 1 unspecified atom stereocenters. The van der Waals surface area contributed by atoms with Crippen molar-refractivity contribution in [2.75, 3.05) is 26.8 Å². The molecule has 0 aromatic heterocycles. The van der Waals surface area contributed by atoms with E-state index in [0.717, 1.165) is 17.9 Å². The summed E-state index contributed by atoms with van der Waals surface area (Å²) in [6, 6.07) is 6.38. The summed E-state index contributed by atoms with van der Waals surface area (Å²) in [5.41, 5.74) is 0. The Labute approximate surface area is 143 Å². The van der Waals surface area contributed by atoms with E-state index in [-0.39, 0.29) is 11.9 Å². The topological polar surface area (TPSA) is 88.7 Å². The molecular formula is C17H27N3O4. The van der Waals surface area contributed by atoms with Gasteiger partial charge in [0.25, 0.3) is 0 Å². The van der Waals surface area contributed by atoms with Crippen molar-refractivity contribution in [3.8, 4) is 11.5 Å². The molecular weight excluding hydrogens is 310 g/mol. The predicted octanol–water partition coefficient (Wildman–Crippen LogP) is 1.68. The Balaban J connectivity index is 2.13. The molecule has 0 heterocycles. The molecule has 3 N–H and O–H groups in total. The zero-order chi connectivity index (χ0) is 17.8. The molecule has 0 aliphatic heterocycles. The quantitative estimate of drug-likeness (QED) is 0.567. The Hall–Kier alpha value is -2.44. The molecule has 3 amide bonds. The van der Waals surface area contributed by atoms with E-state index < -0.39 is 6.04 Å². The van der Waals surface area contributed by atoms with Crippen molar-refractivity contribution in [3.63, 3.8) is 0 Å². The van der Waals surface area contributed by atoms with Crippen LogP contribution < -0.4 is 25.4 Å². The Morgan fingerprint density at radius 3 is 2.38 bits per heavy atom. The number of ether oxygens (including phenoxy) is 2. The number of rotatable bonds is 10. The number of benzene rings is 1. The monoisotopic (exact) mass is 337 g/mol. The smallest absolute Gasteiger partial charge is 0.315 e. The van der Waals surface area contributed by atoms with Crippen LogP contribution in [0.3, 0.4) is 0 Å². The first-order chi connectivity index (χ1) is 11.6. The third-order valence-corrected chi connectivity index (χ3v) is 3.22. The Bertz CT molecular complexity index is 505. The maximum Gasteiger partial charge on any atom is 0.315 e. The molecule has 7 heteroatoms. The van der Waals surface area contributed by atoms with Crippen LogP contribution in [0.5, 0.6) is 11.5 Å². The maximum atomic E-state index is 11.7. The van der Waals surface area contributed by atoms with Gasteiger partial charge in [0.2, 0.25) is 5.91 Å². The van der Waals surface area contributed by atoms with Gasteiger partial charge in [0.05, 0.1) is 13.7 Å². The summed E-state index contributed by atoms with van der Waals surface area (Å²) >= 11 is 0. The Morgan fingerprint density at radius 2 is 1.75 bits per heavy atom. The van der Waals surface area contributed by atoms with E-state index >= 15 is 0 Å². The minimum atomic E-state index is -0.563. The van der Waals surface area contributed by atoms with E-state index in [0.29, 0.717) is 26.1 Å². The van der Waals surface area contributed by atoms with Gasteiger partial charge in [0, 0.05) is 13.1 Å². The lowest BCUT2D eigenvalue weighted by molar-refractivity contribution is -0.122. The molecule has 0 bridgehead atoms. The first-order valence-corrected chi connectivity index (χ1v) is 8.15. The van der Waals surface area contributed by atoms with Crippen LogP contribution in [0, 0.1) is 0 Å². The van der Waals surface area contributed by atoms with Crippen molar-refractivity contribution in [1.82, 2.24) is 16.0 Å². The standard InChI is InChI=1S/C17H27N3O4/c1-4-10-18-16(21)13(2)20-17(22)19-11-5-12-24-15-8-6-14(23-3)7-9-15/h6-9,13H,4-5,10-12H2,1-3H3,(H,18,21)(H2,19,20,22). The lowest BCUT2D eigenvalue weighted by atomic mass is 10.3. The molecule has 0 fully saturated rings. The van der Waals surface area contributed by atoms with E-state index in [9.17, 15) is 9.59 Å². The van der Waals surface area contributed by atoms with E-state index in [1.165, 1.54) is 0 Å². The van der Waals surface area contributed by atoms with Crippen LogP contribution in [0.4, 0.5) is 4.79 Å². The molecule has 1 aromatic rings. The molecule has 0 saturated heterocycles. The number of carbonyl (C=O) groups excluding carboxylic acids is 2. The number of carbonyl (C=O) groups is 2. The lowest BCUT2D eigenvalue weighted by Gasteiger charge is -2.14.